The van der Waals surface area contributed by atoms with Crippen LogP contribution in [0.2, 0.25) is 0 Å². The predicted molar refractivity (Wildman–Crippen MR) is 75.7 cm³/mol. The summed E-state index contributed by atoms with van der Waals surface area (Å²) in [4.78, 5) is 10.2. The number of hydrogen-bond donors (Lipinski definition) is 2. The number of carboxylic acids is 1. The van der Waals surface area contributed by atoms with Gasteiger partial charge in [-0.1, -0.05) is 36.7 Å². The lowest BCUT2D eigenvalue weighted by atomic mass is 9.98. The fraction of sp³-hybridized carbons (Fsp3) is 0.417. The molecule has 1 aromatic carbocycles. The highest BCUT2D eigenvalue weighted by Gasteiger charge is 2.26. The molecule has 0 aliphatic heterocycles. The van der Waals surface area contributed by atoms with Crippen LogP contribution in [0.3, 0.4) is 0 Å². The summed E-state index contributed by atoms with van der Waals surface area (Å²) in [5, 5.41) is 8.86. The molecule has 0 aliphatic rings. The van der Waals surface area contributed by atoms with Crippen molar-refractivity contribution in [3.05, 3.63) is 28.0 Å². The third-order valence-corrected chi connectivity index (χ3v) is 4.17. The van der Waals surface area contributed by atoms with Gasteiger partial charge in [0.15, 0.2) is 5.82 Å². The van der Waals surface area contributed by atoms with Gasteiger partial charge in [0.1, 0.15) is 4.90 Å². The summed E-state index contributed by atoms with van der Waals surface area (Å²) in [5.41, 5.74) is -1.03. The van der Waals surface area contributed by atoms with E-state index in [4.69, 9.17) is 5.11 Å². The Balaban J connectivity index is 3.29. The first-order valence-corrected chi connectivity index (χ1v) is 7.94. The van der Waals surface area contributed by atoms with Gasteiger partial charge in [0.25, 0.3) is 0 Å². The minimum atomic E-state index is -4.12. The number of carboxylic acid groups (broad SMARTS) is 1. The van der Waals surface area contributed by atoms with Crippen molar-refractivity contribution in [2.45, 2.75) is 25.7 Å². The van der Waals surface area contributed by atoms with Crippen LogP contribution in [0, 0.1) is 11.2 Å². The standard InChI is InChI=1S/C12H15BrFNO4S/c1-12(2,3)6-15-20(18,19)9-5-7(13)4-8(10(9)14)11(16)17/h4-5,15H,6H2,1-3H3,(H,16,17). The lowest BCUT2D eigenvalue weighted by molar-refractivity contribution is 0.0691. The highest BCUT2D eigenvalue weighted by molar-refractivity contribution is 9.10. The first-order chi connectivity index (χ1) is 8.94. The van der Waals surface area contributed by atoms with Crippen molar-refractivity contribution in [1.82, 2.24) is 4.72 Å². The highest BCUT2D eigenvalue weighted by Crippen LogP contribution is 2.24. The Morgan fingerprint density at radius 2 is 1.95 bits per heavy atom. The maximum atomic E-state index is 14.0. The van der Waals surface area contributed by atoms with Gasteiger partial charge in [-0.2, -0.15) is 0 Å². The zero-order chi connectivity index (χ0) is 15.7. The molecule has 2 N–H and O–H groups in total. The van der Waals surface area contributed by atoms with Crippen LogP contribution < -0.4 is 4.72 Å². The van der Waals surface area contributed by atoms with Gasteiger partial charge in [-0.25, -0.2) is 22.3 Å². The molecule has 0 unspecified atom stereocenters. The summed E-state index contributed by atoms with van der Waals surface area (Å²) in [6, 6.07) is 2.05. The minimum Gasteiger partial charge on any atom is -0.478 e. The zero-order valence-electron chi connectivity index (χ0n) is 11.2. The molecule has 1 rings (SSSR count). The molecule has 0 aromatic heterocycles. The Bertz CT molecular complexity index is 638. The van der Waals surface area contributed by atoms with Crippen LogP contribution in [0.5, 0.6) is 0 Å². The molecule has 0 atom stereocenters. The summed E-state index contributed by atoms with van der Waals surface area (Å²) in [5.74, 6) is -2.81. The van der Waals surface area contributed by atoms with Crippen molar-refractivity contribution in [1.29, 1.82) is 0 Å². The number of aromatic carboxylic acids is 1. The summed E-state index contributed by atoms with van der Waals surface area (Å²) >= 11 is 2.98. The molecule has 0 spiro atoms. The molecule has 112 valence electrons. The molecule has 0 amide bonds. The molecular formula is C12H15BrFNO4S. The number of nitrogens with one attached hydrogen (secondary N) is 1. The largest absolute Gasteiger partial charge is 0.478 e. The van der Waals surface area contributed by atoms with E-state index in [-0.39, 0.29) is 16.4 Å². The van der Waals surface area contributed by atoms with Gasteiger partial charge in [0, 0.05) is 11.0 Å². The Labute approximate surface area is 125 Å². The van der Waals surface area contributed by atoms with Gasteiger partial charge >= 0.3 is 5.97 Å². The van der Waals surface area contributed by atoms with Crippen molar-refractivity contribution < 1.29 is 22.7 Å². The van der Waals surface area contributed by atoms with Gasteiger partial charge in [-0.3, -0.25) is 0 Å². The molecular weight excluding hydrogens is 353 g/mol. The van der Waals surface area contributed by atoms with Crippen LogP contribution in [-0.2, 0) is 10.0 Å². The first kappa shape index (κ1) is 17.1. The van der Waals surface area contributed by atoms with E-state index in [2.05, 4.69) is 20.7 Å². The zero-order valence-corrected chi connectivity index (χ0v) is 13.6. The van der Waals surface area contributed by atoms with Gasteiger partial charge in [0.2, 0.25) is 10.0 Å². The molecule has 0 radical (unpaired) electrons. The Morgan fingerprint density at radius 1 is 1.40 bits per heavy atom. The summed E-state index contributed by atoms with van der Waals surface area (Å²) in [7, 11) is -4.12. The SMILES string of the molecule is CC(C)(C)CNS(=O)(=O)c1cc(Br)cc(C(=O)O)c1F. The number of hydrogen-bond acceptors (Lipinski definition) is 3. The molecule has 0 fully saturated rings. The normalized spacial score (nSPS) is 12.4. The van der Waals surface area contributed by atoms with Gasteiger partial charge in [-0.05, 0) is 17.5 Å². The van der Waals surface area contributed by atoms with Crippen LogP contribution in [0.1, 0.15) is 31.1 Å². The topological polar surface area (TPSA) is 83.5 Å². The van der Waals surface area contributed by atoms with E-state index < -0.39 is 32.3 Å². The average molecular weight is 368 g/mol. The maximum absolute atomic E-state index is 14.0. The fourth-order valence-electron chi connectivity index (χ4n) is 1.30. The van der Waals surface area contributed by atoms with Crippen LogP contribution in [0.4, 0.5) is 4.39 Å². The number of carbonyl (C=O) groups is 1. The van der Waals surface area contributed by atoms with Crippen LogP contribution >= 0.6 is 15.9 Å². The Hall–Kier alpha value is -0.990. The quantitative estimate of drug-likeness (QED) is 0.856. The smallest absolute Gasteiger partial charge is 0.338 e. The lowest BCUT2D eigenvalue weighted by Crippen LogP contribution is -2.33. The molecule has 1 aromatic rings. The van der Waals surface area contributed by atoms with E-state index in [9.17, 15) is 17.6 Å². The van der Waals surface area contributed by atoms with E-state index in [0.29, 0.717) is 0 Å². The van der Waals surface area contributed by atoms with Crippen molar-refractivity contribution >= 4 is 31.9 Å². The fourth-order valence-corrected chi connectivity index (χ4v) is 3.32. The molecule has 0 aliphatic carbocycles. The second kappa shape index (κ2) is 5.79. The summed E-state index contributed by atoms with van der Waals surface area (Å²) < 4.78 is 40.6. The average Bonchev–Trinajstić information content (AvgIpc) is 2.28. The molecule has 8 heteroatoms. The second-order valence-electron chi connectivity index (χ2n) is 5.46. The molecule has 0 saturated heterocycles. The second-order valence-corrected chi connectivity index (χ2v) is 8.11. The third-order valence-electron chi connectivity index (χ3n) is 2.32. The Morgan fingerprint density at radius 3 is 2.40 bits per heavy atom. The lowest BCUT2D eigenvalue weighted by Gasteiger charge is -2.19. The van der Waals surface area contributed by atoms with E-state index in [1.807, 2.05) is 20.8 Å². The third kappa shape index (κ3) is 4.26. The number of rotatable bonds is 4. The van der Waals surface area contributed by atoms with Crippen LogP contribution in [0.25, 0.3) is 0 Å². The molecule has 20 heavy (non-hydrogen) atoms. The van der Waals surface area contributed by atoms with Crippen molar-refractivity contribution in [2.24, 2.45) is 5.41 Å². The van der Waals surface area contributed by atoms with E-state index >= 15 is 0 Å². The molecule has 0 saturated carbocycles. The highest BCUT2D eigenvalue weighted by atomic mass is 79.9. The summed E-state index contributed by atoms with van der Waals surface area (Å²) in [6.07, 6.45) is 0. The van der Waals surface area contributed by atoms with Gasteiger partial charge in [-0.15, -0.1) is 0 Å². The number of halogens is 2. The number of benzene rings is 1. The molecule has 0 bridgehead atoms. The van der Waals surface area contributed by atoms with E-state index in [1.54, 1.807) is 0 Å². The van der Waals surface area contributed by atoms with Crippen molar-refractivity contribution in [3.63, 3.8) is 0 Å². The number of sulfonamides is 1. The van der Waals surface area contributed by atoms with Gasteiger partial charge < -0.3 is 5.11 Å². The first-order valence-electron chi connectivity index (χ1n) is 5.66. The molecule has 5 nitrogen and oxygen atoms in total. The Kier molecular flexibility index (Phi) is 4.94. The van der Waals surface area contributed by atoms with E-state index in [0.717, 1.165) is 12.1 Å². The van der Waals surface area contributed by atoms with E-state index in [1.165, 1.54) is 0 Å². The van der Waals surface area contributed by atoms with Crippen LogP contribution in [-0.4, -0.2) is 26.0 Å². The van der Waals surface area contributed by atoms with Gasteiger partial charge in [0.05, 0.1) is 5.56 Å². The maximum Gasteiger partial charge on any atom is 0.338 e. The van der Waals surface area contributed by atoms with Crippen molar-refractivity contribution in [3.8, 4) is 0 Å². The monoisotopic (exact) mass is 367 g/mol. The summed E-state index contributed by atoms with van der Waals surface area (Å²) in [6.45, 7) is 5.55. The van der Waals surface area contributed by atoms with Crippen molar-refractivity contribution in [2.75, 3.05) is 6.54 Å². The van der Waals surface area contributed by atoms with Crippen LogP contribution in [0.15, 0.2) is 21.5 Å². The predicted octanol–water partition coefficient (Wildman–Crippen LogP) is 2.61. The minimum absolute atomic E-state index is 0.101. The molecule has 0 heterocycles.